The number of piperidine rings is 1. The Morgan fingerprint density at radius 1 is 1.33 bits per heavy atom. The summed E-state index contributed by atoms with van der Waals surface area (Å²) in [6, 6.07) is -0.865. The molecule has 3 unspecified atom stereocenters. The molecule has 3 atom stereocenters. The van der Waals surface area contributed by atoms with Gasteiger partial charge in [0, 0.05) is 24.9 Å². The normalized spacial score (nSPS) is 29.7. The van der Waals surface area contributed by atoms with Crippen LogP contribution >= 0.6 is 11.8 Å². The van der Waals surface area contributed by atoms with Gasteiger partial charge in [-0.3, -0.25) is 4.90 Å². The molecule has 0 aliphatic carbocycles. The van der Waals surface area contributed by atoms with Gasteiger partial charge in [-0.25, -0.2) is 9.59 Å². The van der Waals surface area contributed by atoms with Crippen molar-refractivity contribution < 1.29 is 19.8 Å². The number of aliphatic hydroxyl groups excluding tert-OH is 1. The number of carbonyl (C=O) groups is 2. The number of rotatable bonds is 4. The SMILES string of the molecule is CCC1SCC(C(=O)O)N1C(=O)N1CCCCC1CCO. The lowest BCUT2D eigenvalue weighted by Crippen LogP contribution is -2.55. The van der Waals surface area contributed by atoms with Crippen LogP contribution in [0.2, 0.25) is 0 Å². The lowest BCUT2D eigenvalue weighted by atomic mass is 10.00. The van der Waals surface area contributed by atoms with Crippen molar-refractivity contribution in [3.63, 3.8) is 0 Å². The summed E-state index contributed by atoms with van der Waals surface area (Å²) in [5, 5.41) is 18.5. The zero-order chi connectivity index (χ0) is 15.4. The number of thioether (sulfide) groups is 1. The molecule has 0 bridgehead atoms. The quantitative estimate of drug-likeness (QED) is 0.823. The fourth-order valence-electron chi connectivity index (χ4n) is 3.17. The highest BCUT2D eigenvalue weighted by Gasteiger charge is 2.43. The van der Waals surface area contributed by atoms with Crippen LogP contribution in [0, 0.1) is 0 Å². The van der Waals surface area contributed by atoms with Crippen LogP contribution in [-0.2, 0) is 4.79 Å². The van der Waals surface area contributed by atoms with Gasteiger partial charge in [-0.1, -0.05) is 6.92 Å². The first-order valence-electron chi connectivity index (χ1n) is 7.64. The summed E-state index contributed by atoms with van der Waals surface area (Å²) in [5.74, 6) is -0.472. The Morgan fingerprint density at radius 3 is 2.71 bits per heavy atom. The second-order valence-electron chi connectivity index (χ2n) is 5.60. The highest BCUT2D eigenvalue weighted by atomic mass is 32.2. The number of carboxylic acid groups (broad SMARTS) is 1. The third kappa shape index (κ3) is 3.45. The van der Waals surface area contributed by atoms with Crippen molar-refractivity contribution in [1.82, 2.24) is 9.80 Å². The molecule has 21 heavy (non-hydrogen) atoms. The number of nitrogens with zero attached hydrogens (tertiary/aromatic N) is 2. The van der Waals surface area contributed by atoms with Crippen LogP contribution in [-0.4, -0.2) is 68.4 Å². The number of urea groups is 1. The van der Waals surface area contributed by atoms with Crippen molar-refractivity contribution in [3.05, 3.63) is 0 Å². The van der Waals surface area contributed by atoms with E-state index in [1.54, 1.807) is 21.6 Å². The minimum atomic E-state index is -0.928. The number of likely N-dealkylation sites (tertiary alicyclic amines) is 1. The van der Waals surface area contributed by atoms with E-state index in [2.05, 4.69) is 0 Å². The molecule has 0 aromatic carbocycles. The predicted molar refractivity (Wildman–Crippen MR) is 81.2 cm³/mol. The van der Waals surface area contributed by atoms with E-state index >= 15 is 0 Å². The van der Waals surface area contributed by atoms with Gasteiger partial charge in [0.15, 0.2) is 0 Å². The maximum absolute atomic E-state index is 12.9. The summed E-state index contributed by atoms with van der Waals surface area (Å²) in [6.45, 7) is 2.69. The van der Waals surface area contributed by atoms with Crippen molar-refractivity contribution in [2.45, 2.75) is 56.5 Å². The molecule has 0 spiro atoms. The molecule has 120 valence electrons. The van der Waals surface area contributed by atoms with Gasteiger partial charge in [0.25, 0.3) is 0 Å². The maximum Gasteiger partial charge on any atom is 0.327 e. The third-order valence-electron chi connectivity index (χ3n) is 4.28. The Morgan fingerprint density at radius 2 is 2.10 bits per heavy atom. The van der Waals surface area contributed by atoms with E-state index in [1.165, 1.54) is 0 Å². The van der Waals surface area contributed by atoms with Gasteiger partial charge >= 0.3 is 12.0 Å². The molecule has 6 nitrogen and oxygen atoms in total. The number of aliphatic carboxylic acids is 1. The Labute approximate surface area is 129 Å². The molecule has 7 heteroatoms. The van der Waals surface area contributed by atoms with Crippen LogP contribution in [0.25, 0.3) is 0 Å². The lowest BCUT2D eigenvalue weighted by molar-refractivity contribution is -0.141. The van der Waals surface area contributed by atoms with Gasteiger partial charge in [0.2, 0.25) is 0 Å². The molecule has 2 aliphatic heterocycles. The van der Waals surface area contributed by atoms with Gasteiger partial charge in [-0.15, -0.1) is 11.8 Å². The number of amides is 2. The van der Waals surface area contributed by atoms with E-state index in [0.29, 0.717) is 18.7 Å². The highest BCUT2D eigenvalue weighted by Crippen LogP contribution is 2.33. The first kappa shape index (κ1) is 16.4. The number of aliphatic hydroxyl groups is 1. The van der Waals surface area contributed by atoms with E-state index in [9.17, 15) is 19.8 Å². The molecule has 2 saturated heterocycles. The van der Waals surface area contributed by atoms with Crippen molar-refractivity contribution in [2.24, 2.45) is 0 Å². The summed E-state index contributed by atoms with van der Waals surface area (Å²) in [4.78, 5) is 27.6. The summed E-state index contributed by atoms with van der Waals surface area (Å²) in [6.07, 6.45) is 4.22. The Kier molecular flexibility index (Phi) is 5.75. The molecule has 2 fully saturated rings. The van der Waals surface area contributed by atoms with Gasteiger partial charge in [-0.05, 0) is 32.1 Å². The van der Waals surface area contributed by atoms with Crippen LogP contribution in [0.5, 0.6) is 0 Å². The van der Waals surface area contributed by atoms with Crippen LogP contribution in [0.15, 0.2) is 0 Å². The highest BCUT2D eigenvalue weighted by molar-refractivity contribution is 8.00. The average molecular weight is 316 g/mol. The second kappa shape index (κ2) is 7.35. The zero-order valence-corrected chi connectivity index (χ0v) is 13.2. The average Bonchev–Trinajstić information content (AvgIpc) is 2.91. The fourth-order valence-corrected chi connectivity index (χ4v) is 4.52. The Balaban J connectivity index is 2.16. The van der Waals surface area contributed by atoms with E-state index in [1.807, 2.05) is 6.92 Å². The van der Waals surface area contributed by atoms with Crippen LogP contribution < -0.4 is 0 Å². The number of carbonyl (C=O) groups excluding carboxylic acids is 1. The molecule has 0 radical (unpaired) electrons. The zero-order valence-electron chi connectivity index (χ0n) is 12.4. The monoisotopic (exact) mass is 316 g/mol. The van der Waals surface area contributed by atoms with Crippen molar-refractivity contribution >= 4 is 23.8 Å². The number of hydrogen-bond donors (Lipinski definition) is 2. The minimum Gasteiger partial charge on any atom is -0.480 e. The molecule has 2 N–H and O–H groups in total. The van der Waals surface area contributed by atoms with Crippen LogP contribution in [0.3, 0.4) is 0 Å². The van der Waals surface area contributed by atoms with Crippen molar-refractivity contribution in [2.75, 3.05) is 18.9 Å². The smallest absolute Gasteiger partial charge is 0.327 e. The number of hydrogen-bond acceptors (Lipinski definition) is 4. The predicted octanol–water partition coefficient (Wildman–Crippen LogP) is 1.58. The number of carboxylic acids is 1. The van der Waals surface area contributed by atoms with Crippen molar-refractivity contribution in [1.29, 1.82) is 0 Å². The molecule has 2 rings (SSSR count). The summed E-state index contributed by atoms with van der Waals surface area (Å²) in [5.41, 5.74) is 0. The molecule has 2 heterocycles. The Bertz CT molecular complexity index is 391. The van der Waals surface area contributed by atoms with E-state index in [0.717, 1.165) is 25.7 Å². The topological polar surface area (TPSA) is 81.1 Å². The summed E-state index contributed by atoms with van der Waals surface area (Å²) in [7, 11) is 0. The standard InChI is InChI=1S/C14H24N2O4S/c1-2-12-16(11(9-21-12)13(18)19)14(20)15-7-4-3-5-10(15)6-8-17/h10-12,17H,2-9H2,1H3,(H,18,19). The molecule has 0 aromatic rings. The van der Waals surface area contributed by atoms with Gasteiger partial charge in [-0.2, -0.15) is 0 Å². The molecule has 2 aliphatic rings. The Hall–Kier alpha value is -0.950. The molecule has 0 aromatic heterocycles. The fraction of sp³-hybridized carbons (Fsp3) is 0.857. The van der Waals surface area contributed by atoms with Gasteiger partial charge < -0.3 is 15.1 Å². The van der Waals surface area contributed by atoms with E-state index < -0.39 is 12.0 Å². The first-order chi connectivity index (χ1) is 10.1. The molecular formula is C14H24N2O4S. The summed E-state index contributed by atoms with van der Waals surface area (Å²) >= 11 is 1.54. The first-order valence-corrected chi connectivity index (χ1v) is 8.69. The third-order valence-corrected chi connectivity index (χ3v) is 5.74. The molecule has 2 amide bonds. The van der Waals surface area contributed by atoms with Crippen LogP contribution in [0.4, 0.5) is 4.79 Å². The maximum atomic E-state index is 12.9. The summed E-state index contributed by atoms with van der Waals surface area (Å²) < 4.78 is 0. The van der Waals surface area contributed by atoms with E-state index in [4.69, 9.17) is 0 Å². The second-order valence-corrected chi connectivity index (χ2v) is 6.81. The van der Waals surface area contributed by atoms with Crippen molar-refractivity contribution in [3.8, 4) is 0 Å². The van der Waals surface area contributed by atoms with Crippen LogP contribution in [0.1, 0.15) is 39.0 Å². The molecule has 0 saturated carbocycles. The largest absolute Gasteiger partial charge is 0.480 e. The van der Waals surface area contributed by atoms with E-state index in [-0.39, 0.29) is 24.1 Å². The minimum absolute atomic E-state index is 0.0359. The lowest BCUT2D eigenvalue weighted by Gasteiger charge is -2.40. The van der Waals surface area contributed by atoms with Gasteiger partial charge in [0.1, 0.15) is 6.04 Å². The molecular weight excluding hydrogens is 292 g/mol. The van der Waals surface area contributed by atoms with Gasteiger partial charge in [0.05, 0.1) is 5.37 Å².